The number of ether oxygens (including phenoxy) is 1. The minimum Gasteiger partial charge on any atom is -0.469 e. The van der Waals surface area contributed by atoms with Crippen molar-refractivity contribution >= 4 is 5.97 Å². The molecule has 0 N–H and O–H groups in total. The van der Waals surface area contributed by atoms with E-state index in [-0.39, 0.29) is 11.9 Å². The lowest BCUT2D eigenvalue weighted by Gasteiger charge is -2.52. The molecule has 0 saturated heterocycles. The lowest BCUT2D eigenvalue weighted by atomic mass is 9.52. The highest BCUT2D eigenvalue weighted by Crippen LogP contribution is 2.64. The van der Waals surface area contributed by atoms with Crippen molar-refractivity contribution in [2.24, 2.45) is 46.8 Å². The number of esters is 1. The number of carbonyl (C=O) groups excluding carboxylic acids is 1. The Morgan fingerprint density at radius 1 is 1.12 bits per heavy atom. The second-order valence-electron chi connectivity index (χ2n) is 12.2. The summed E-state index contributed by atoms with van der Waals surface area (Å²) in [6.07, 6.45) is 9.05. The summed E-state index contributed by atoms with van der Waals surface area (Å²) in [5, 5.41) is 0. The van der Waals surface area contributed by atoms with Crippen LogP contribution >= 0.6 is 0 Å². The number of rotatable bonds is 6. The van der Waals surface area contributed by atoms with Crippen LogP contribution in [0, 0.1) is 53.8 Å². The predicted octanol–water partition coefficient (Wildman–Crippen LogP) is 7.57. The molecule has 2 fully saturated rings. The maximum absolute atomic E-state index is 12.7. The molecular formula is C30H46O2. The van der Waals surface area contributed by atoms with E-state index in [4.69, 9.17) is 4.74 Å². The third-order valence-corrected chi connectivity index (χ3v) is 10.6. The molecule has 2 nitrogen and oxygen atoms in total. The standard InChI is InChI=1S/C30H46O2/c1-18(2)21(5)26(29(31)32-7)17-20(4)27-13-14-28-25-12-11-22-19(3)9-8-10-23(22)24(25)15-16-30(27,28)6/h8-10,18,20-21,24-28H,11-17H2,1-7H3/t20-,21-,24-,25-,26+,27-,28+,30-/m1/s1. The van der Waals surface area contributed by atoms with Gasteiger partial charge in [0, 0.05) is 0 Å². The van der Waals surface area contributed by atoms with E-state index >= 15 is 0 Å². The summed E-state index contributed by atoms with van der Waals surface area (Å²) in [7, 11) is 1.56. The van der Waals surface area contributed by atoms with E-state index in [1.54, 1.807) is 18.2 Å². The second kappa shape index (κ2) is 9.15. The lowest BCUT2D eigenvalue weighted by Crippen LogP contribution is -2.44. The third-order valence-electron chi connectivity index (χ3n) is 10.6. The highest BCUT2D eigenvalue weighted by Gasteiger charge is 2.56. The summed E-state index contributed by atoms with van der Waals surface area (Å²) in [6.45, 7) is 14.1. The van der Waals surface area contributed by atoms with Crippen LogP contribution in [0.4, 0.5) is 0 Å². The zero-order valence-electron chi connectivity index (χ0n) is 21.6. The molecule has 2 saturated carbocycles. The molecule has 0 aliphatic heterocycles. The van der Waals surface area contributed by atoms with E-state index in [9.17, 15) is 4.79 Å². The Labute approximate surface area is 196 Å². The van der Waals surface area contributed by atoms with Crippen LogP contribution in [0.5, 0.6) is 0 Å². The molecule has 0 bridgehead atoms. The Morgan fingerprint density at radius 2 is 1.88 bits per heavy atom. The van der Waals surface area contributed by atoms with E-state index in [0.717, 1.165) is 30.1 Å². The summed E-state index contributed by atoms with van der Waals surface area (Å²) in [5.74, 6) is 4.67. The van der Waals surface area contributed by atoms with Gasteiger partial charge >= 0.3 is 5.97 Å². The van der Waals surface area contributed by atoms with Gasteiger partial charge in [0.25, 0.3) is 0 Å². The topological polar surface area (TPSA) is 26.3 Å². The Bertz CT molecular complexity index is 826. The number of methoxy groups -OCH3 is 1. The molecule has 0 aromatic heterocycles. The first-order valence-corrected chi connectivity index (χ1v) is 13.3. The van der Waals surface area contributed by atoms with Gasteiger partial charge in [-0.2, -0.15) is 0 Å². The van der Waals surface area contributed by atoms with Gasteiger partial charge in [0.15, 0.2) is 0 Å². The van der Waals surface area contributed by atoms with Crippen LogP contribution in [-0.2, 0) is 16.0 Å². The molecule has 8 atom stereocenters. The number of hydrogen-bond donors (Lipinski definition) is 0. The fraction of sp³-hybridized carbons (Fsp3) is 0.767. The summed E-state index contributed by atoms with van der Waals surface area (Å²) in [5.41, 5.74) is 5.27. The van der Waals surface area contributed by atoms with Crippen LogP contribution in [0.3, 0.4) is 0 Å². The van der Waals surface area contributed by atoms with Gasteiger partial charge in [-0.05, 0) is 115 Å². The fourth-order valence-electron chi connectivity index (χ4n) is 8.48. The largest absolute Gasteiger partial charge is 0.469 e. The maximum Gasteiger partial charge on any atom is 0.308 e. The second-order valence-corrected chi connectivity index (χ2v) is 12.2. The van der Waals surface area contributed by atoms with Crippen LogP contribution in [0.1, 0.15) is 95.8 Å². The summed E-state index contributed by atoms with van der Waals surface area (Å²) >= 11 is 0. The van der Waals surface area contributed by atoms with Gasteiger partial charge in [-0.1, -0.05) is 52.8 Å². The smallest absolute Gasteiger partial charge is 0.308 e. The number of aryl methyl sites for hydroxylation is 1. The first-order chi connectivity index (χ1) is 15.2. The lowest BCUT2D eigenvalue weighted by molar-refractivity contribution is -0.149. The molecule has 0 spiro atoms. The quantitative estimate of drug-likeness (QED) is 0.428. The average Bonchev–Trinajstić information content (AvgIpc) is 3.13. The van der Waals surface area contributed by atoms with Crippen LogP contribution in [0.25, 0.3) is 0 Å². The minimum atomic E-state index is 0.000663. The van der Waals surface area contributed by atoms with Crippen molar-refractivity contribution in [1.29, 1.82) is 0 Å². The van der Waals surface area contributed by atoms with Crippen molar-refractivity contribution in [3.05, 3.63) is 34.9 Å². The van der Waals surface area contributed by atoms with E-state index in [1.165, 1.54) is 44.1 Å². The van der Waals surface area contributed by atoms with Crippen molar-refractivity contribution in [3.8, 4) is 0 Å². The van der Waals surface area contributed by atoms with E-state index in [2.05, 4.69) is 59.7 Å². The molecule has 3 aliphatic rings. The normalized spacial score (nSPS) is 34.2. The molecular weight excluding hydrogens is 392 g/mol. The van der Waals surface area contributed by atoms with Crippen molar-refractivity contribution in [1.82, 2.24) is 0 Å². The molecule has 0 unspecified atom stereocenters. The highest BCUT2D eigenvalue weighted by atomic mass is 16.5. The Balaban J connectivity index is 1.53. The monoisotopic (exact) mass is 438 g/mol. The SMILES string of the molecule is COC(=O)[C@@H](C[C@@H](C)[C@H]1CC[C@H]2[C@@H]3CCc4c(C)cccc4[C@H]3CC[C@]12C)[C@H](C)C(C)C. The summed E-state index contributed by atoms with van der Waals surface area (Å²) in [4.78, 5) is 12.7. The molecule has 3 aliphatic carbocycles. The minimum absolute atomic E-state index is 0.000663. The summed E-state index contributed by atoms with van der Waals surface area (Å²) < 4.78 is 5.25. The molecule has 1 aromatic carbocycles. The van der Waals surface area contributed by atoms with Gasteiger partial charge in [0.2, 0.25) is 0 Å². The van der Waals surface area contributed by atoms with Gasteiger partial charge in [0.05, 0.1) is 13.0 Å². The highest BCUT2D eigenvalue weighted by molar-refractivity contribution is 5.72. The number of benzene rings is 1. The first kappa shape index (κ1) is 23.8. The van der Waals surface area contributed by atoms with Crippen LogP contribution in [0.2, 0.25) is 0 Å². The van der Waals surface area contributed by atoms with E-state index < -0.39 is 0 Å². The molecule has 4 rings (SSSR count). The van der Waals surface area contributed by atoms with Gasteiger partial charge in [-0.25, -0.2) is 0 Å². The fourth-order valence-corrected chi connectivity index (χ4v) is 8.48. The van der Waals surface area contributed by atoms with Gasteiger partial charge < -0.3 is 4.74 Å². The zero-order chi connectivity index (χ0) is 23.2. The van der Waals surface area contributed by atoms with Gasteiger partial charge in [-0.3, -0.25) is 4.79 Å². The van der Waals surface area contributed by atoms with Crippen molar-refractivity contribution in [3.63, 3.8) is 0 Å². The van der Waals surface area contributed by atoms with Gasteiger partial charge in [-0.15, -0.1) is 0 Å². The summed E-state index contributed by atoms with van der Waals surface area (Å²) in [6, 6.07) is 7.02. The first-order valence-electron chi connectivity index (χ1n) is 13.3. The van der Waals surface area contributed by atoms with Crippen molar-refractivity contribution in [2.75, 3.05) is 7.11 Å². The van der Waals surface area contributed by atoms with Crippen molar-refractivity contribution < 1.29 is 9.53 Å². The third kappa shape index (κ3) is 3.94. The molecule has 2 heteroatoms. The average molecular weight is 439 g/mol. The zero-order valence-corrected chi connectivity index (χ0v) is 21.6. The van der Waals surface area contributed by atoms with E-state index in [0.29, 0.717) is 23.2 Å². The van der Waals surface area contributed by atoms with Gasteiger partial charge in [0.1, 0.15) is 0 Å². The molecule has 0 heterocycles. The van der Waals surface area contributed by atoms with Crippen LogP contribution in [0.15, 0.2) is 18.2 Å². The number of hydrogen-bond acceptors (Lipinski definition) is 2. The molecule has 178 valence electrons. The van der Waals surface area contributed by atoms with E-state index in [1.807, 2.05) is 0 Å². The number of fused-ring (bicyclic) bond motifs is 5. The number of carbonyl (C=O) groups is 1. The molecule has 0 amide bonds. The van der Waals surface area contributed by atoms with Crippen molar-refractivity contribution in [2.45, 2.75) is 92.4 Å². The Hall–Kier alpha value is -1.31. The molecule has 0 radical (unpaired) electrons. The Morgan fingerprint density at radius 3 is 2.56 bits per heavy atom. The Kier molecular flexibility index (Phi) is 6.81. The molecule has 32 heavy (non-hydrogen) atoms. The van der Waals surface area contributed by atoms with Crippen LogP contribution in [-0.4, -0.2) is 13.1 Å². The molecule has 1 aromatic rings. The maximum atomic E-state index is 12.7. The van der Waals surface area contributed by atoms with Crippen LogP contribution < -0.4 is 0 Å². The predicted molar refractivity (Wildman–Crippen MR) is 133 cm³/mol.